The van der Waals surface area contributed by atoms with E-state index in [4.69, 9.17) is 5.11 Å². The molecule has 0 unspecified atom stereocenters. The van der Waals surface area contributed by atoms with Gasteiger partial charge in [0.05, 0.1) is 18.4 Å². The number of amides is 1. The molecule has 102 valence electrons. The Hall–Kier alpha value is -2.65. The molecule has 0 atom stereocenters. The summed E-state index contributed by atoms with van der Waals surface area (Å²) < 4.78 is 0. The highest BCUT2D eigenvalue weighted by Crippen LogP contribution is 2.09. The van der Waals surface area contributed by atoms with E-state index in [9.17, 15) is 4.79 Å². The summed E-state index contributed by atoms with van der Waals surface area (Å²) in [6, 6.07) is 5.18. The van der Waals surface area contributed by atoms with Crippen LogP contribution in [0.1, 0.15) is 28.2 Å². The maximum absolute atomic E-state index is 12.0. The van der Waals surface area contributed by atoms with Crippen molar-refractivity contribution in [3.05, 3.63) is 41.3 Å². The van der Waals surface area contributed by atoms with Crippen LogP contribution in [-0.2, 0) is 0 Å². The van der Waals surface area contributed by atoms with Crippen molar-refractivity contribution >= 4 is 11.7 Å². The van der Waals surface area contributed by atoms with Crippen LogP contribution < -0.4 is 5.32 Å². The number of nitrogens with one attached hydrogen (secondary N) is 2. The number of H-pyrrole nitrogens is 1. The van der Waals surface area contributed by atoms with Gasteiger partial charge in [-0.3, -0.25) is 9.89 Å². The third kappa shape index (κ3) is 3.43. The van der Waals surface area contributed by atoms with E-state index >= 15 is 0 Å². The quantitative estimate of drug-likeness (QED) is 0.728. The fourth-order valence-corrected chi connectivity index (χ4v) is 1.55. The van der Waals surface area contributed by atoms with Gasteiger partial charge in [0.25, 0.3) is 5.91 Å². The van der Waals surface area contributed by atoms with Crippen molar-refractivity contribution < 1.29 is 9.90 Å². The number of hydrogen-bond acceptors (Lipinski definition) is 4. The molecule has 0 fully saturated rings. The number of aliphatic hydroxyl groups is 1. The summed E-state index contributed by atoms with van der Waals surface area (Å²) in [4.78, 5) is 16.2. The topological polar surface area (TPSA) is 90.9 Å². The largest absolute Gasteiger partial charge is 0.395 e. The highest BCUT2D eigenvalue weighted by molar-refractivity contribution is 6.04. The SMILES string of the molecule is Cc1[nH]ncc1C(=O)Nc1cccc(C#CCCO)n1. The van der Waals surface area contributed by atoms with Crippen LogP contribution in [0.2, 0.25) is 0 Å². The Labute approximate surface area is 116 Å². The molecule has 0 aliphatic heterocycles. The first-order valence-electron chi connectivity index (χ1n) is 6.09. The number of nitrogens with zero attached hydrogens (tertiary/aromatic N) is 2. The van der Waals surface area contributed by atoms with Crippen LogP contribution in [0.5, 0.6) is 0 Å². The van der Waals surface area contributed by atoms with Crippen molar-refractivity contribution in [2.75, 3.05) is 11.9 Å². The third-order valence-corrected chi connectivity index (χ3v) is 2.52. The minimum atomic E-state index is -0.274. The van der Waals surface area contributed by atoms with Crippen LogP contribution in [0.15, 0.2) is 24.4 Å². The number of aromatic amines is 1. The van der Waals surface area contributed by atoms with E-state index < -0.39 is 0 Å². The van der Waals surface area contributed by atoms with E-state index in [0.717, 1.165) is 0 Å². The Morgan fingerprint density at radius 2 is 2.35 bits per heavy atom. The molecular formula is C14H14N4O2. The minimum absolute atomic E-state index is 0.0171. The Kier molecular flexibility index (Phi) is 4.47. The number of carbonyl (C=O) groups excluding carboxylic acids is 1. The van der Waals surface area contributed by atoms with E-state index in [0.29, 0.717) is 29.2 Å². The predicted molar refractivity (Wildman–Crippen MR) is 74.1 cm³/mol. The number of anilines is 1. The molecule has 2 rings (SSSR count). The molecule has 0 aromatic carbocycles. The van der Waals surface area contributed by atoms with Gasteiger partial charge in [-0.15, -0.1) is 0 Å². The molecule has 0 aliphatic rings. The molecule has 0 aliphatic carbocycles. The monoisotopic (exact) mass is 270 g/mol. The van der Waals surface area contributed by atoms with Gasteiger partial charge in [0, 0.05) is 12.1 Å². The van der Waals surface area contributed by atoms with Gasteiger partial charge in [-0.25, -0.2) is 4.98 Å². The van der Waals surface area contributed by atoms with Crippen molar-refractivity contribution in [3.63, 3.8) is 0 Å². The van der Waals surface area contributed by atoms with E-state index in [1.54, 1.807) is 25.1 Å². The summed E-state index contributed by atoms with van der Waals surface area (Å²) >= 11 is 0. The minimum Gasteiger partial charge on any atom is -0.395 e. The maximum Gasteiger partial charge on any atom is 0.260 e. The van der Waals surface area contributed by atoms with Crippen molar-refractivity contribution in [1.82, 2.24) is 15.2 Å². The second-order valence-corrected chi connectivity index (χ2v) is 4.05. The van der Waals surface area contributed by atoms with E-state index in [1.165, 1.54) is 6.20 Å². The second-order valence-electron chi connectivity index (χ2n) is 4.05. The molecule has 0 bridgehead atoms. The first-order chi connectivity index (χ1) is 9.70. The van der Waals surface area contributed by atoms with Crippen LogP contribution in [0.4, 0.5) is 5.82 Å². The van der Waals surface area contributed by atoms with Crippen LogP contribution >= 0.6 is 0 Å². The fraction of sp³-hybridized carbons (Fsp3) is 0.214. The van der Waals surface area contributed by atoms with Gasteiger partial charge in [0.2, 0.25) is 0 Å². The molecule has 2 aromatic rings. The Balaban J connectivity index is 2.11. The second kappa shape index (κ2) is 6.50. The van der Waals surface area contributed by atoms with Gasteiger partial charge < -0.3 is 10.4 Å². The first kappa shape index (κ1) is 13.8. The molecule has 6 nitrogen and oxygen atoms in total. The summed E-state index contributed by atoms with van der Waals surface area (Å²) in [6.07, 6.45) is 1.86. The fourth-order valence-electron chi connectivity index (χ4n) is 1.55. The number of aryl methyl sites for hydroxylation is 1. The first-order valence-corrected chi connectivity index (χ1v) is 6.09. The zero-order chi connectivity index (χ0) is 14.4. The summed E-state index contributed by atoms with van der Waals surface area (Å²) in [7, 11) is 0. The van der Waals surface area contributed by atoms with Crippen LogP contribution in [0, 0.1) is 18.8 Å². The summed E-state index contributed by atoms with van der Waals surface area (Å²) in [6.45, 7) is 1.79. The normalized spacial score (nSPS) is 9.70. The molecule has 0 saturated carbocycles. The van der Waals surface area contributed by atoms with E-state index in [2.05, 4.69) is 32.3 Å². The third-order valence-electron chi connectivity index (χ3n) is 2.52. The Bertz CT molecular complexity index is 667. The molecule has 0 radical (unpaired) electrons. The number of pyridine rings is 1. The van der Waals surface area contributed by atoms with Crippen molar-refractivity contribution in [1.29, 1.82) is 0 Å². The molecule has 20 heavy (non-hydrogen) atoms. The van der Waals surface area contributed by atoms with Gasteiger partial charge in [-0.2, -0.15) is 5.10 Å². The smallest absolute Gasteiger partial charge is 0.260 e. The number of aliphatic hydroxyl groups excluding tert-OH is 1. The Morgan fingerprint density at radius 1 is 1.50 bits per heavy atom. The highest BCUT2D eigenvalue weighted by atomic mass is 16.2. The number of aromatic nitrogens is 3. The molecule has 6 heteroatoms. The lowest BCUT2D eigenvalue weighted by molar-refractivity contribution is 0.102. The van der Waals surface area contributed by atoms with Gasteiger partial charge in [0.15, 0.2) is 0 Å². The van der Waals surface area contributed by atoms with Gasteiger partial charge >= 0.3 is 0 Å². The molecule has 0 spiro atoms. The summed E-state index contributed by atoms with van der Waals surface area (Å²) in [5.74, 6) is 5.74. The molecule has 3 N–H and O–H groups in total. The summed E-state index contributed by atoms with van der Waals surface area (Å²) in [5, 5.41) is 17.9. The predicted octanol–water partition coefficient (Wildman–Crippen LogP) is 1.10. The van der Waals surface area contributed by atoms with Crippen LogP contribution in [0.3, 0.4) is 0 Å². The van der Waals surface area contributed by atoms with Crippen molar-refractivity contribution in [3.8, 4) is 11.8 Å². The summed E-state index contributed by atoms with van der Waals surface area (Å²) in [5.41, 5.74) is 1.71. The number of carbonyl (C=O) groups is 1. The average Bonchev–Trinajstić information content (AvgIpc) is 2.86. The zero-order valence-corrected chi connectivity index (χ0v) is 11.0. The maximum atomic E-state index is 12.0. The Morgan fingerprint density at radius 3 is 3.05 bits per heavy atom. The lowest BCUT2D eigenvalue weighted by Crippen LogP contribution is -2.13. The number of rotatable bonds is 3. The molecule has 0 saturated heterocycles. The average molecular weight is 270 g/mol. The molecule has 2 heterocycles. The van der Waals surface area contributed by atoms with Gasteiger partial charge in [0.1, 0.15) is 11.5 Å². The van der Waals surface area contributed by atoms with E-state index in [-0.39, 0.29) is 12.5 Å². The lowest BCUT2D eigenvalue weighted by atomic mass is 10.2. The van der Waals surface area contributed by atoms with Crippen LogP contribution in [0.25, 0.3) is 0 Å². The van der Waals surface area contributed by atoms with Crippen LogP contribution in [-0.4, -0.2) is 32.8 Å². The standard InChI is InChI=1S/C14H14N4O2/c1-10-12(9-15-18-10)14(20)17-13-7-4-6-11(16-13)5-2-3-8-19/h4,6-7,9,19H,3,8H2,1H3,(H,15,18)(H,16,17,20). The highest BCUT2D eigenvalue weighted by Gasteiger charge is 2.11. The lowest BCUT2D eigenvalue weighted by Gasteiger charge is -2.03. The van der Waals surface area contributed by atoms with Crippen molar-refractivity contribution in [2.45, 2.75) is 13.3 Å². The molecule has 2 aromatic heterocycles. The van der Waals surface area contributed by atoms with Crippen molar-refractivity contribution in [2.24, 2.45) is 0 Å². The molecule has 1 amide bonds. The van der Waals surface area contributed by atoms with E-state index in [1.807, 2.05) is 0 Å². The molecular weight excluding hydrogens is 256 g/mol. The van der Waals surface area contributed by atoms with Gasteiger partial charge in [-0.05, 0) is 25.0 Å². The van der Waals surface area contributed by atoms with Gasteiger partial charge in [-0.1, -0.05) is 12.0 Å². The number of hydrogen-bond donors (Lipinski definition) is 3. The zero-order valence-electron chi connectivity index (χ0n) is 11.0.